The van der Waals surface area contributed by atoms with Crippen molar-refractivity contribution in [1.82, 2.24) is 10.2 Å². The quantitative estimate of drug-likeness (QED) is 0.725. The van der Waals surface area contributed by atoms with Crippen LogP contribution in [0.4, 0.5) is 0 Å². The molecule has 3 nitrogen and oxygen atoms in total. The summed E-state index contributed by atoms with van der Waals surface area (Å²) >= 11 is 1.98. The lowest BCUT2D eigenvalue weighted by atomic mass is 10.1. The highest BCUT2D eigenvalue weighted by atomic mass is 32.2. The fourth-order valence-electron chi connectivity index (χ4n) is 2.34. The largest absolute Gasteiger partial charge is 0.338 e. The molecule has 0 aromatic rings. The van der Waals surface area contributed by atoms with E-state index in [0.717, 1.165) is 31.8 Å². The van der Waals surface area contributed by atoms with Crippen molar-refractivity contribution >= 4 is 17.7 Å². The summed E-state index contributed by atoms with van der Waals surface area (Å²) in [7, 11) is 0. The van der Waals surface area contributed by atoms with Crippen molar-refractivity contribution in [3.8, 4) is 0 Å². The van der Waals surface area contributed by atoms with Gasteiger partial charge >= 0.3 is 0 Å². The second-order valence-electron chi connectivity index (χ2n) is 4.54. The van der Waals surface area contributed by atoms with Gasteiger partial charge in [-0.2, -0.15) is 11.8 Å². The number of nitrogens with zero attached hydrogens (tertiary/aromatic N) is 1. The molecule has 3 atom stereocenters. The van der Waals surface area contributed by atoms with Gasteiger partial charge in [-0.3, -0.25) is 4.79 Å². The monoisotopic (exact) mass is 228 g/mol. The van der Waals surface area contributed by atoms with Gasteiger partial charge in [0.05, 0.1) is 5.92 Å². The molecule has 0 bridgehead atoms. The second kappa shape index (κ2) is 4.74. The molecular formula is C11H20N2OS. The van der Waals surface area contributed by atoms with Crippen molar-refractivity contribution in [3.63, 3.8) is 0 Å². The van der Waals surface area contributed by atoms with Gasteiger partial charge in [0.1, 0.15) is 0 Å². The summed E-state index contributed by atoms with van der Waals surface area (Å²) in [6, 6.07) is 0.400. The number of carbonyl (C=O) groups excluding carboxylic acids is 1. The minimum absolute atomic E-state index is 0.239. The number of thioether (sulfide) groups is 1. The minimum atomic E-state index is 0.239. The smallest absolute Gasteiger partial charge is 0.227 e. The molecule has 86 valence electrons. The topological polar surface area (TPSA) is 32.3 Å². The van der Waals surface area contributed by atoms with Crippen LogP contribution >= 0.6 is 11.8 Å². The van der Waals surface area contributed by atoms with Crippen molar-refractivity contribution < 1.29 is 4.79 Å². The third-order valence-corrected chi connectivity index (χ3v) is 4.91. The van der Waals surface area contributed by atoms with Gasteiger partial charge in [0, 0.05) is 30.1 Å². The molecule has 2 unspecified atom stereocenters. The zero-order valence-corrected chi connectivity index (χ0v) is 10.3. The molecular weight excluding hydrogens is 208 g/mol. The molecule has 2 fully saturated rings. The SMILES string of the molecule is CC1SCCN(C(=O)[C@H]2CCNC2)C1C. The number of carbonyl (C=O) groups is 1. The fraction of sp³-hybridized carbons (Fsp3) is 0.909. The van der Waals surface area contributed by atoms with Gasteiger partial charge in [0.25, 0.3) is 0 Å². The van der Waals surface area contributed by atoms with Crippen LogP contribution in [0.25, 0.3) is 0 Å². The first-order valence-electron chi connectivity index (χ1n) is 5.83. The molecule has 2 aliphatic heterocycles. The molecule has 4 heteroatoms. The minimum Gasteiger partial charge on any atom is -0.338 e. The Morgan fingerprint density at radius 2 is 2.27 bits per heavy atom. The Morgan fingerprint density at radius 3 is 2.93 bits per heavy atom. The molecule has 0 aromatic carbocycles. The fourth-order valence-corrected chi connectivity index (χ4v) is 3.44. The van der Waals surface area contributed by atoms with Crippen LogP contribution in [0.1, 0.15) is 20.3 Å². The summed E-state index contributed by atoms with van der Waals surface area (Å²) in [5.74, 6) is 1.71. The molecule has 0 radical (unpaired) electrons. The van der Waals surface area contributed by atoms with Crippen LogP contribution < -0.4 is 5.32 Å². The van der Waals surface area contributed by atoms with E-state index in [1.165, 1.54) is 0 Å². The molecule has 0 aromatic heterocycles. The summed E-state index contributed by atoms with van der Waals surface area (Å²) in [5.41, 5.74) is 0. The van der Waals surface area contributed by atoms with Crippen LogP contribution in [-0.2, 0) is 4.79 Å². The van der Waals surface area contributed by atoms with E-state index in [2.05, 4.69) is 24.1 Å². The third-order valence-electron chi connectivity index (χ3n) is 3.58. The molecule has 0 aliphatic carbocycles. The summed E-state index contributed by atoms with van der Waals surface area (Å²) in [6.07, 6.45) is 1.02. The van der Waals surface area contributed by atoms with E-state index in [9.17, 15) is 4.79 Å². The average molecular weight is 228 g/mol. The predicted octanol–water partition coefficient (Wildman–Crippen LogP) is 0.948. The van der Waals surface area contributed by atoms with Crippen LogP contribution in [0.5, 0.6) is 0 Å². The molecule has 2 aliphatic rings. The molecule has 15 heavy (non-hydrogen) atoms. The molecule has 2 heterocycles. The summed E-state index contributed by atoms with van der Waals surface area (Å²) < 4.78 is 0. The van der Waals surface area contributed by atoms with Crippen molar-refractivity contribution in [3.05, 3.63) is 0 Å². The van der Waals surface area contributed by atoms with Gasteiger partial charge in [-0.25, -0.2) is 0 Å². The Balaban J connectivity index is 1.98. The number of nitrogens with one attached hydrogen (secondary N) is 1. The van der Waals surface area contributed by atoms with E-state index in [4.69, 9.17) is 0 Å². The highest BCUT2D eigenvalue weighted by Crippen LogP contribution is 2.26. The molecule has 2 rings (SSSR count). The van der Waals surface area contributed by atoms with Crippen LogP contribution in [0, 0.1) is 5.92 Å². The van der Waals surface area contributed by atoms with Crippen molar-refractivity contribution in [1.29, 1.82) is 0 Å². The third kappa shape index (κ3) is 2.31. The molecule has 0 spiro atoms. The second-order valence-corrected chi connectivity index (χ2v) is 6.02. The first kappa shape index (κ1) is 11.3. The summed E-state index contributed by atoms with van der Waals surface area (Å²) in [4.78, 5) is 14.3. The zero-order chi connectivity index (χ0) is 10.8. The van der Waals surface area contributed by atoms with E-state index in [1.807, 2.05) is 11.8 Å². The van der Waals surface area contributed by atoms with Gasteiger partial charge in [-0.05, 0) is 19.9 Å². The maximum Gasteiger partial charge on any atom is 0.227 e. The highest BCUT2D eigenvalue weighted by Gasteiger charge is 2.33. The lowest BCUT2D eigenvalue weighted by Crippen LogP contribution is -2.50. The van der Waals surface area contributed by atoms with E-state index in [-0.39, 0.29) is 5.92 Å². The van der Waals surface area contributed by atoms with Gasteiger partial charge in [-0.1, -0.05) is 6.92 Å². The number of rotatable bonds is 1. The van der Waals surface area contributed by atoms with E-state index < -0.39 is 0 Å². The molecule has 1 amide bonds. The average Bonchev–Trinajstić information content (AvgIpc) is 2.74. The van der Waals surface area contributed by atoms with E-state index >= 15 is 0 Å². The Bertz CT molecular complexity index is 241. The standard InChI is InChI=1S/C11H20N2OS/c1-8-9(2)15-6-5-13(8)11(14)10-3-4-12-7-10/h8-10,12H,3-7H2,1-2H3/t8?,9?,10-/m0/s1. The number of hydrogen-bond acceptors (Lipinski definition) is 3. The van der Waals surface area contributed by atoms with Crippen LogP contribution in [-0.4, -0.2) is 47.5 Å². The van der Waals surface area contributed by atoms with Gasteiger partial charge in [0.15, 0.2) is 0 Å². The van der Waals surface area contributed by atoms with Crippen LogP contribution in [0.2, 0.25) is 0 Å². The Labute approximate surface area is 96.0 Å². The summed E-state index contributed by atoms with van der Waals surface area (Å²) in [5, 5.41) is 3.85. The zero-order valence-electron chi connectivity index (χ0n) is 9.53. The maximum absolute atomic E-state index is 12.2. The van der Waals surface area contributed by atoms with Gasteiger partial charge in [-0.15, -0.1) is 0 Å². The number of hydrogen-bond donors (Lipinski definition) is 1. The normalized spacial score (nSPS) is 36.9. The first-order chi connectivity index (χ1) is 7.20. The first-order valence-corrected chi connectivity index (χ1v) is 6.88. The van der Waals surface area contributed by atoms with Crippen molar-refractivity contribution in [2.75, 3.05) is 25.4 Å². The Morgan fingerprint density at radius 1 is 1.47 bits per heavy atom. The highest BCUT2D eigenvalue weighted by molar-refractivity contribution is 8.00. The Hall–Kier alpha value is -0.220. The van der Waals surface area contributed by atoms with Crippen LogP contribution in [0.3, 0.4) is 0 Å². The van der Waals surface area contributed by atoms with E-state index in [1.54, 1.807) is 0 Å². The van der Waals surface area contributed by atoms with Crippen LogP contribution in [0.15, 0.2) is 0 Å². The maximum atomic E-state index is 12.2. The van der Waals surface area contributed by atoms with Crippen molar-refractivity contribution in [2.45, 2.75) is 31.6 Å². The van der Waals surface area contributed by atoms with Gasteiger partial charge < -0.3 is 10.2 Å². The van der Waals surface area contributed by atoms with Gasteiger partial charge in [0.2, 0.25) is 5.91 Å². The van der Waals surface area contributed by atoms with Crippen molar-refractivity contribution in [2.24, 2.45) is 5.92 Å². The number of amides is 1. The lowest BCUT2D eigenvalue weighted by molar-refractivity contribution is -0.136. The predicted molar refractivity (Wildman–Crippen MR) is 64.1 cm³/mol. The lowest BCUT2D eigenvalue weighted by Gasteiger charge is -2.38. The Kier molecular flexibility index (Phi) is 3.57. The molecule has 1 N–H and O–H groups in total. The molecule has 2 saturated heterocycles. The summed E-state index contributed by atoms with van der Waals surface area (Å²) in [6.45, 7) is 7.22. The molecule has 0 saturated carbocycles. The van der Waals surface area contributed by atoms with E-state index in [0.29, 0.717) is 17.2 Å².